The summed E-state index contributed by atoms with van der Waals surface area (Å²) in [6, 6.07) is 5.28. The number of methoxy groups -OCH3 is 1. The highest BCUT2D eigenvalue weighted by atomic mass is 32.2. The van der Waals surface area contributed by atoms with Crippen molar-refractivity contribution in [1.82, 2.24) is 13.7 Å². The molecule has 0 radical (unpaired) electrons. The Morgan fingerprint density at radius 3 is 2.45 bits per heavy atom. The number of rotatable bonds is 4. The summed E-state index contributed by atoms with van der Waals surface area (Å²) in [4.78, 5) is 4.34. The molecule has 0 saturated carbocycles. The maximum Gasteiger partial charge on any atom is 0.262 e. The van der Waals surface area contributed by atoms with Gasteiger partial charge in [0.15, 0.2) is 10.9 Å². The first-order valence-corrected chi connectivity index (χ1v) is 7.72. The van der Waals surface area contributed by atoms with Crippen LogP contribution in [0.15, 0.2) is 23.2 Å². The molecule has 7 heteroatoms. The van der Waals surface area contributed by atoms with E-state index in [0.717, 1.165) is 0 Å². The van der Waals surface area contributed by atoms with Crippen molar-refractivity contribution >= 4 is 15.5 Å². The topological polar surface area (TPSA) is 63.9 Å². The molecule has 0 saturated heterocycles. The third kappa shape index (κ3) is 2.16. The molecule has 0 spiro atoms. The molecule has 6 nitrogen and oxygen atoms in total. The van der Waals surface area contributed by atoms with Crippen LogP contribution in [0.25, 0.3) is 5.52 Å². The summed E-state index contributed by atoms with van der Waals surface area (Å²) < 4.78 is 33.0. The molecule has 0 amide bonds. The number of hydrogen-bond acceptors (Lipinski definition) is 4. The van der Waals surface area contributed by atoms with Crippen molar-refractivity contribution in [3.05, 3.63) is 24.0 Å². The molecule has 0 aliphatic heterocycles. The van der Waals surface area contributed by atoms with E-state index in [4.69, 9.17) is 4.74 Å². The molecule has 2 aromatic heterocycles. The van der Waals surface area contributed by atoms with E-state index in [1.54, 1.807) is 29.7 Å². The minimum absolute atomic E-state index is 0.0603. The van der Waals surface area contributed by atoms with Gasteiger partial charge in [-0.3, -0.25) is 4.40 Å². The summed E-state index contributed by atoms with van der Waals surface area (Å²) in [5, 5.41) is 0.0603. The van der Waals surface area contributed by atoms with Crippen LogP contribution in [0, 0.1) is 0 Å². The SMILES string of the molecule is COc1cccc2c(S(=O)(=O)N(C)C)nc(C(C)C)n12. The molecule has 0 aliphatic rings. The summed E-state index contributed by atoms with van der Waals surface area (Å²) in [7, 11) is 0.951. The zero-order valence-corrected chi connectivity index (χ0v) is 13.1. The van der Waals surface area contributed by atoms with Gasteiger partial charge in [-0.25, -0.2) is 17.7 Å². The monoisotopic (exact) mass is 297 g/mol. The average molecular weight is 297 g/mol. The molecule has 110 valence electrons. The molecule has 0 fully saturated rings. The van der Waals surface area contributed by atoms with Gasteiger partial charge >= 0.3 is 0 Å². The van der Waals surface area contributed by atoms with Crippen molar-refractivity contribution < 1.29 is 13.2 Å². The summed E-state index contributed by atoms with van der Waals surface area (Å²) in [6.45, 7) is 3.93. The van der Waals surface area contributed by atoms with Gasteiger partial charge in [-0.2, -0.15) is 0 Å². The number of pyridine rings is 1. The van der Waals surface area contributed by atoms with Gasteiger partial charge in [0.1, 0.15) is 5.82 Å². The van der Waals surface area contributed by atoms with E-state index in [-0.39, 0.29) is 10.9 Å². The van der Waals surface area contributed by atoms with Gasteiger partial charge < -0.3 is 4.74 Å². The largest absolute Gasteiger partial charge is 0.482 e. The fourth-order valence-electron chi connectivity index (χ4n) is 2.01. The van der Waals surface area contributed by atoms with Crippen molar-refractivity contribution in [1.29, 1.82) is 0 Å². The molecular formula is C13H19N3O3S. The standard InChI is InChI=1S/C13H19N3O3S/c1-9(2)12-14-13(20(17,18)15(3)4)10-7-6-8-11(19-5)16(10)12/h6-9H,1-5H3. The summed E-state index contributed by atoms with van der Waals surface area (Å²) in [5.74, 6) is 1.31. The highest BCUT2D eigenvalue weighted by Gasteiger charge is 2.27. The number of sulfonamides is 1. The smallest absolute Gasteiger partial charge is 0.262 e. The summed E-state index contributed by atoms with van der Waals surface area (Å²) >= 11 is 0. The Kier molecular flexibility index (Phi) is 3.75. The first kappa shape index (κ1) is 14.8. The Hall–Kier alpha value is -1.60. The lowest BCUT2D eigenvalue weighted by Crippen LogP contribution is -2.22. The fraction of sp³-hybridized carbons (Fsp3) is 0.462. The van der Waals surface area contributed by atoms with Crippen molar-refractivity contribution in [2.24, 2.45) is 0 Å². The lowest BCUT2D eigenvalue weighted by molar-refractivity contribution is 0.389. The quantitative estimate of drug-likeness (QED) is 0.862. The molecule has 20 heavy (non-hydrogen) atoms. The first-order chi connectivity index (χ1) is 9.30. The Labute approximate surface area is 119 Å². The number of aromatic nitrogens is 2. The zero-order chi connectivity index (χ0) is 15.1. The van der Waals surface area contributed by atoms with Gasteiger partial charge in [-0.05, 0) is 12.1 Å². The number of hydrogen-bond donors (Lipinski definition) is 0. The van der Waals surface area contributed by atoms with E-state index in [9.17, 15) is 8.42 Å². The molecule has 0 aliphatic carbocycles. The predicted molar refractivity (Wildman–Crippen MR) is 76.7 cm³/mol. The second-order valence-corrected chi connectivity index (χ2v) is 7.07. The molecule has 0 aromatic carbocycles. The Balaban J connectivity index is 2.89. The summed E-state index contributed by atoms with van der Waals surface area (Å²) in [5.41, 5.74) is 0.529. The van der Waals surface area contributed by atoms with Crippen LogP contribution in [-0.2, 0) is 10.0 Å². The lowest BCUT2D eigenvalue weighted by Gasteiger charge is -2.10. The number of imidazole rings is 1. The van der Waals surface area contributed by atoms with Crippen LogP contribution in [0.5, 0.6) is 5.88 Å². The third-order valence-corrected chi connectivity index (χ3v) is 4.82. The van der Waals surface area contributed by atoms with E-state index >= 15 is 0 Å². The van der Waals surface area contributed by atoms with Crippen LogP contribution < -0.4 is 4.74 Å². The molecule has 2 rings (SSSR count). The highest BCUT2D eigenvalue weighted by Crippen LogP contribution is 2.28. The Bertz CT molecular complexity index is 733. The molecule has 0 N–H and O–H groups in total. The zero-order valence-electron chi connectivity index (χ0n) is 12.3. The van der Waals surface area contributed by atoms with Crippen molar-refractivity contribution in [2.75, 3.05) is 21.2 Å². The minimum Gasteiger partial charge on any atom is -0.482 e. The van der Waals surface area contributed by atoms with Gasteiger partial charge in [-0.1, -0.05) is 19.9 Å². The van der Waals surface area contributed by atoms with Gasteiger partial charge in [0.2, 0.25) is 0 Å². The van der Waals surface area contributed by atoms with Crippen molar-refractivity contribution in [3.8, 4) is 5.88 Å². The first-order valence-electron chi connectivity index (χ1n) is 6.28. The summed E-state index contributed by atoms with van der Waals surface area (Å²) in [6.07, 6.45) is 0. The lowest BCUT2D eigenvalue weighted by atomic mass is 10.2. The van der Waals surface area contributed by atoms with E-state index < -0.39 is 10.0 Å². The highest BCUT2D eigenvalue weighted by molar-refractivity contribution is 7.89. The number of nitrogens with zero attached hydrogens (tertiary/aromatic N) is 3. The van der Waals surface area contributed by atoms with Crippen LogP contribution >= 0.6 is 0 Å². The van der Waals surface area contributed by atoms with Crippen LogP contribution in [0.1, 0.15) is 25.6 Å². The third-order valence-electron chi connectivity index (χ3n) is 3.07. The van der Waals surface area contributed by atoms with E-state index in [1.165, 1.54) is 18.4 Å². The second-order valence-electron chi connectivity index (χ2n) is 5.01. The maximum atomic E-state index is 12.4. The Morgan fingerprint density at radius 2 is 1.95 bits per heavy atom. The van der Waals surface area contributed by atoms with Crippen LogP contribution in [0.2, 0.25) is 0 Å². The van der Waals surface area contributed by atoms with Gasteiger partial charge in [0, 0.05) is 20.0 Å². The minimum atomic E-state index is -3.60. The van der Waals surface area contributed by atoms with Crippen LogP contribution in [0.3, 0.4) is 0 Å². The normalized spacial score (nSPS) is 12.6. The molecule has 2 aromatic rings. The predicted octanol–water partition coefficient (Wildman–Crippen LogP) is 1.72. The van der Waals surface area contributed by atoms with Gasteiger partial charge in [0.05, 0.1) is 12.6 Å². The number of ether oxygens (including phenoxy) is 1. The maximum absolute atomic E-state index is 12.4. The van der Waals surface area contributed by atoms with E-state index in [2.05, 4.69) is 4.98 Å². The fourth-order valence-corrected chi connectivity index (χ4v) is 2.99. The van der Waals surface area contributed by atoms with Crippen LogP contribution in [-0.4, -0.2) is 43.3 Å². The second kappa shape index (κ2) is 5.06. The van der Waals surface area contributed by atoms with E-state index in [0.29, 0.717) is 17.2 Å². The molecular weight excluding hydrogens is 278 g/mol. The Morgan fingerprint density at radius 1 is 1.30 bits per heavy atom. The van der Waals surface area contributed by atoms with Crippen molar-refractivity contribution in [2.45, 2.75) is 24.8 Å². The van der Waals surface area contributed by atoms with Crippen molar-refractivity contribution in [3.63, 3.8) is 0 Å². The van der Waals surface area contributed by atoms with Gasteiger partial charge in [0.25, 0.3) is 10.0 Å². The molecule has 0 bridgehead atoms. The average Bonchev–Trinajstić information content (AvgIpc) is 2.78. The van der Waals surface area contributed by atoms with Crippen LogP contribution in [0.4, 0.5) is 0 Å². The molecule has 0 atom stereocenters. The number of fused-ring (bicyclic) bond motifs is 1. The molecule has 2 heterocycles. The molecule has 0 unspecified atom stereocenters. The van der Waals surface area contributed by atoms with Gasteiger partial charge in [-0.15, -0.1) is 0 Å². The van der Waals surface area contributed by atoms with E-state index in [1.807, 2.05) is 13.8 Å².